The minimum atomic E-state index is -0.435. The third kappa shape index (κ3) is 4.59. The molecule has 0 N–H and O–H groups in total. The van der Waals surface area contributed by atoms with E-state index in [2.05, 4.69) is 19.1 Å². The largest absolute Gasteiger partial charge is 0.456 e. The number of hydrogen-bond donors (Lipinski definition) is 0. The van der Waals surface area contributed by atoms with E-state index in [4.69, 9.17) is 4.74 Å². The lowest BCUT2D eigenvalue weighted by molar-refractivity contribution is 0.00682. The van der Waals surface area contributed by atoms with Gasteiger partial charge in [-0.3, -0.25) is 0 Å². The number of ether oxygens (including phenoxy) is 1. The molecule has 1 aromatic rings. The van der Waals surface area contributed by atoms with Gasteiger partial charge in [-0.1, -0.05) is 32.3 Å². The Morgan fingerprint density at radius 3 is 2.41 bits per heavy atom. The smallest absolute Gasteiger partial charge is 0.338 e. The fourth-order valence-electron chi connectivity index (χ4n) is 3.15. The van der Waals surface area contributed by atoms with E-state index in [-0.39, 0.29) is 5.97 Å². The standard InChI is InChI=1S/C20H30O2/c1-5-6-7-8-10-17-13-15-11-9-12-16(15)14-18(17)19(21)22-20(2,3)4/h13-14H,5-12H2,1-4H3. The Bertz CT molecular complexity index is 523. The second kappa shape index (κ2) is 7.30. The maximum absolute atomic E-state index is 12.5. The van der Waals surface area contributed by atoms with Crippen molar-refractivity contribution >= 4 is 5.97 Å². The first kappa shape index (κ1) is 17.1. The van der Waals surface area contributed by atoms with Crippen LogP contribution in [0.5, 0.6) is 0 Å². The van der Waals surface area contributed by atoms with Gasteiger partial charge in [0.1, 0.15) is 5.60 Å². The van der Waals surface area contributed by atoms with Gasteiger partial charge in [-0.15, -0.1) is 0 Å². The molecule has 0 saturated carbocycles. The molecule has 0 heterocycles. The summed E-state index contributed by atoms with van der Waals surface area (Å²) in [5.41, 5.74) is 4.34. The van der Waals surface area contributed by atoms with Crippen LogP contribution in [0.3, 0.4) is 0 Å². The van der Waals surface area contributed by atoms with Crippen molar-refractivity contribution in [1.29, 1.82) is 0 Å². The average Bonchev–Trinajstić information content (AvgIpc) is 2.88. The van der Waals surface area contributed by atoms with Crippen LogP contribution >= 0.6 is 0 Å². The molecule has 0 aliphatic heterocycles. The Kier molecular flexibility index (Phi) is 5.66. The van der Waals surface area contributed by atoms with Gasteiger partial charge in [0.25, 0.3) is 0 Å². The van der Waals surface area contributed by atoms with Gasteiger partial charge >= 0.3 is 5.97 Å². The predicted octanol–water partition coefficient (Wildman–Crippen LogP) is 5.25. The lowest BCUT2D eigenvalue weighted by Crippen LogP contribution is -2.24. The van der Waals surface area contributed by atoms with Crippen molar-refractivity contribution in [1.82, 2.24) is 0 Å². The lowest BCUT2D eigenvalue weighted by atomic mass is 9.95. The first-order valence-corrected chi connectivity index (χ1v) is 8.78. The van der Waals surface area contributed by atoms with E-state index in [1.165, 1.54) is 42.4 Å². The van der Waals surface area contributed by atoms with Gasteiger partial charge in [0.15, 0.2) is 0 Å². The van der Waals surface area contributed by atoms with E-state index < -0.39 is 5.60 Å². The molecule has 1 aliphatic carbocycles. The lowest BCUT2D eigenvalue weighted by Gasteiger charge is -2.21. The number of fused-ring (bicyclic) bond motifs is 1. The van der Waals surface area contributed by atoms with E-state index >= 15 is 0 Å². The van der Waals surface area contributed by atoms with Gasteiger partial charge < -0.3 is 4.74 Å². The van der Waals surface area contributed by atoms with Crippen LogP contribution in [-0.4, -0.2) is 11.6 Å². The Hall–Kier alpha value is -1.31. The number of aryl methyl sites for hydroxylation is 3. The monoisotopic (exact) mass is 302 g/mol. The molecule has 0 atom stereocenters. The van der Waals surface area contributed by atoms with E-state index in [0.717, 1.165) is 31.2 Å². The minimum absolute atomic E-state index is 0.160. The second-order valence-corrected chi connectivity index (χ2v) is 7.44. The number of carbonyl (C=O) groups excluding carboxylic acids is 1. The van der Waals surface area contributed by atoms with Crippen LogP contribution in [0.2, 0.25) is 0 Å². The zero-order valence-electron chi connectivity index (χ0n) is 14.6. The Labute approximate surface area is 135 Å². The van der Waals surface area contributed by atoms with E-state index in [0.29, 0.717) is 0 Å². The quantitative estimate of drug-likeness (QED) is 0.529. The van der Waals surface area contributed by atoms with Crippen LogP contribution in [0.15, 0.2) is 12.1 Å². The molecule has 1 aromatic carbocycles. The molecule has 0 saturated heterocycles. The summed E-state index contributed by atoms with van der Waals surface area (Å²) in [6.07, 6.45) is 9.36. The van der Waals surface area contributed by atoms with Crippen molar-refractivity contribution in [2.24, 2.45) is 0 Å². The van der Waals surface area contributed by atoms with E-state index in [9.17, 15) is 4.79 Å². The Morgan fingerprint density at radius 2 is 1.77 bits per heavy atom. The van der Waals surface area contributed by atoms with Crippen LogP contribution < -0.4 is 0 Å². The first-order valence-electron chi connectivity index (χ1n) is 8.78. The first-order chi connectivity index (χ1) is 10.4. The van der Waals surface area contributed by atoms with Gasteiger partial charge in [0.2, 0.25) is 0 Å². The second-order valence-electron chi connectivity index (χ2n) is 7.44. The van der Waals surface area contributed by atoms with E-state index in [1.54, 1.807) is 0 Å². The maximum atomic E-state index is 12.5. The Morgan fingerprint density at radius 1 is 1.09 bits per heavy atom. The molecule has 22 heavy (non-hydrogen) atoms. The van der Waals surface area contributed by atoms with Gasteiger partial charge in [-0.2, -0.15) is 0 Å². The van der Waals surface area contributed by atoms with Crippen LogP contribution in [0.1, 0.15) is 86.8 Å². The number of carbonyl (C=O) groups is 1. The molecule has 2 heteroatoms. The molecule has 0 fully saturated rings. The molecule has 0 spiro atoms. The summed E-state index contributed by atoms with van der Waals surface area (Å²) in [5, 5.41) is 0. The summed E-state index contributed by atoms with van der Waals surface area (Å²) in [6.45, 7) is 8.01. The fraction of sp³-hybridized carbons (Fsp3) is 0.650. The average molecular weight is 302 g/mol. The number of rotatable bonds is 6. The number of esters is 1. The summed E-state index contributed by atoms with van der Waals surface area (Å²) in [7, 11) is 0. The van der Waals surface area contributed by atoms with Crippen molar-refractivity contribution in [2.75, 3.05) is 0 Å². The van der Waals surface area contributed by atoms with Crippen molar-refractivity contribution < 1.29 is 9.53 Å². The molecule has 1 aliphatic rings. The van der Waals surface area contributed by atoms with E-state index in [1.807, 2.05) is 20.8 Å². The summed E-state index contributed by atoms with van der Waals surface area (Å²) < 4.78 is 5.61. The highest BCUT2D eigenvalue weighted by atomic mass is 16.6. The molecule has 2 rings (SSSR count). The summed E-state index contributed by atoms with van der Waals surface area (Å²) in [6, 6.07) is 4.37. The van der Waals surface area contributed by atoms with Gasteiger partial charge in [0.05, 0.1) is 5.56 Å². The van der Waals surface area contributed by atoms with Crippen molar-refractivity contribution in [2.45, 2.75) is 84.7 Å². The topological polar surface area (TPSA) is 26.3 Å². The highest BCUT2D eigenvalue weighted by Crippen LogP contribution is 2.28. The third-order valence-corrected chi connectivity index (χ3v) is 4.24. The van der Waals surface area contributed by atoms with Gasteiger partial charge in [-0.05, 0) is 75.6 Å². The highest BCUT2D eigenvalue weighted by molar-refractivity contribution is 5.92. The minimum Gasteiger partial charge on any atom is -0.456 e. The molecular weight excluding hydrogens is 272 g/mol. The summed E-state index contributed by atoms with van der Waals surface area (Å²) in [5.74, 6) is -0.160. The Balaban J connectivity index is 2.19. The molecule has 2 nitrogen and oxygen atoms in total. The zero-order chi connectivity index (χ0) is 16.2. The molecule has 0 radical (unpaired) electrons. The molecule has 0 unspecified atom stereocenters. The van der Waals surface area contributed by atoms with Crippen LogP contribution in [0.4, 0.5) is 0 Å². The van der Waals surface area contributed by atoms with Gasteiger partial charge in [0, 0.05) is 0 Å². The molecule has 0 amide bonds. The number of hydrogen-bond acceptors (Lipinski definition) is 2. The van der Waals surface area contributed by atoms with Crippen molar-refractivity contribution in [3.05, 3.63) is 34.4 Å². The molecule has 0 bridgehead atoms. The molecule has 122 valence electrons. The molecule has 0 aromatic heterocycles. The SMILES string of the molecule is CCCCCCc1cc2c(cc1C(=O)OC(C)(C)C)CCC2. The summed E-state index contributed by atoms with van der Waals surface area (Å²) >= 11 is 0. The van der Waals surface area contributed by atoms with Crippen LogP contribution in [0.25, 0.3) is 0 Å². The van der Waals surface area contributed by atoms with Crippen molar-refractivity contribution in [3.63, 3.8) is 0 Å². The van der Waals surface area contributed by atoms with Gasteiger partial charge in [-0.25, -0.2) is 4.79 Å². The number of benzene rings is 1. The van der Waals surface area contributed by atoms with Crippen LogP contribution in [-0.2, 0) is 24.0 Å². The normalized spacial score (nSPS) is 14.0. The van der Waals surface area contributed by atoms with Crippen LogP contribution in [0, 0.1) is 0 Å². The third-order valence-electron chi connectivity index (χ3n) is 4.24. The summed E-state index contributed by atoms with van der Waals surface area (Å²) in [4.78, 5) is 12.5. The molecular formula is C20H30O2. The zero-order valence-corrected chi connectivity index (χ0v) is 14.6. The maximum Gasteiger partial charge on any atom is 0.338 e. The predicted molar refractivity (Wildman–Crippen MR) is 91.5 cm³/mol. The van der Waals surface area contributed by atoms with Crippen molar-refractivity contribution in [3.8, 4) is 0 Å². The highest BCUT2D eigenvalue weighted by Gasteiger charge is 2.23. The fourth-order valence-corrected chi connectivity index (χ4v) is 3.15. The number of unbranched alkanes of at least 4 members (excludes halogenated alkanes) is 3.